The first-order valence-corrected chi connectivity index (χ1v) is 3.62. The molecule has 0 saturated carbocycles. The first-order valence-electron chi connectivity index (χ1n) is 3.62. The molecular weight excluding hydrogens is 172 g/mol. The average Bonchev–Trinajstić information content (AvgIpc) is 2.13. The molecule has 1 rings (SSSR count). The zero-order valence-corrected chi connectivity index (χ0v) is 7.07. The number of carbonyl (C=O) groups excluding carboxylic acids is 1. The Bertz CT molecular complexity index is 325. The number of carbonyl (C=O) groups is 1. The minimum atomic E-state index is -0.770. The van der Waals surface area contributed by atoms with Crippen molar-refractivity contribution < 1.29 is 14.6 Å². The Kier molecular flexibility index (Phi) is 2.71. The minimum Gasteiger partial charge on any atom is -0.508 e. The van der Waals surface area contributed by atoms with Gasteiger partial charge in [-0.05, 0) is 19.1 Å². The van der Waals surface area contributed by atoms with E-state index >= 15 is 0 Å². The number of aromatic hydroxyl groups is 1. The maximum Gasteiger partial charge on any atom is 0.426 e. The first kappa shape index (κ1) is 9.34. The fourth-order valence-electron chi connectivity index (χ4n) is 0.843. The van der Waals surface area contributed by atoms with Crippen molar-refractivity contribution in [2.24, 2.45) is 5.84 Å². The predicted octanol–water partition coefficient (Wildman–Crippen LogP) is 0.663. The molecule has 0 aliphatic carbocycles. The van der Waals surface area contributed by atoms with Gasteiger partial charge in [0.1, 0.15) is 11.5 Å². The minimum absolute atomic E-state index is 0.0716. The summed E-state index contributed by atoms with van der Waals surface area (Å²) in [5.41, 5.74) is 2.31. The number of phenols is 1. The number of ether oxygens (including phenoxy) is 1. The van der Waals surface area contributed by atoms with Crippen LogP contribution in [0, 0.1) is 6.92 Å². The highest BCUT2D eigenvalue weighted by Crippen LogP contribution is 2.25. The molecule has 0 saturated heterocycles. The maximum atomic E-state index is 10.7. The smallest absolute Gasteiger partial charge is 0.426 e. The molecule has 70 valence electrons. The van der Waals surface area contributed by atoms with Gasteiger partial charge in [0.05, 0.1) is 0 Å². The van der Waals surface area contributed by atoms with Gasteiger partial charge in [-0.15, -0.1) is 0 Å². The van der Waals surface area contributed by atoms with E-state index < -0.39 is 6.09 Å². The number of hydrogen-bond acceptors (Lipinski definition) is 4. The molecule has 1 amide bonds. The van der Waals surface area contributed by atoms with Crippen molar-refractivity contribution in [3.05, 3.63) is 23.8 Å². The maximum absolute atomic E-state index is 10.7. The normalized spacial score (nSPS) is 9.38. The second kappa shape index (κ2) is 3.77. The SMILES string of the molecule is Cc1c(O)cccc1OC(=O)NN. The van der Waals surface area contributed by atoms with Crippen LogP contribution in [0.15, 0.2) is 18.2 Å². The number of nitrogens with two attached hydrogens (primary N) is 1. The van der Waals surface area contributed by atoms with Gasteiger partial charge in [0.15, 0.2) is 0 Å². The largest absolute Gasteiger partial charge is 0.508 e. The van der Waals surface area contributed by atoms with E-state index in [9.17, 15) is 9.90 Å². The van der Waals surface area contributed by atoms with Crippen LogP contribution in [0.1, 0.15) is 5.56 Å². The van der Waals surface area contributed by atoms with E-state index in [-0.39, 0.29) is 11.5 Å². The van der Waals surface area contributed by atoms with E-state index in [2.05, 4.69) is 0 Å². The molecule has 0 spiro atoms. The molecule has 4 N–H and O–H groups in total. The van der Waals surface area contributed by atoms with Crippen molar-refractivity contribution in [2.75, 3.05) is 0 Å². The molecule has 1 aromatic rings. The van der Waals surface area contributed by atoms with Gasteiger partial charge in [0, 0.05) is 5.56 Å². The second-order valence-electron chi connectivity index (χ2n) is 2.43. The van der Waals surface area contributed by atoms with Gasteiger partial charge in [-0.3, -0.25) is 5.43 Å². The highest BCUT2D eigenvalue weighted by Gasteiger charge is 2.07. The monoisotopic (exact) mass is 182 g/mol. The molecule has 0 aromatic heterocycles. The van der Waals surface area contributed by atoms with Crippen molar-refractivity contribution in [3.8, 4) is 11.5 Å². The molecular formula is C8H10N2O3. The zero-order valence-electron chi connectivity index (χ0n) is 7.07. The summed E-state index contributed by atoms with van der Waals surface area (Å²) in [6.07, 6.45) is -0.770. The average molecular weight is 182 g/mol. The Hall–Kier alpha value is -1.75. The number of phenolic OH excluding ortho intramolecular Hbond substituents is 1. The van der Waals surface area contributed by atoms with Crippen LogP contribution in [0.2, 0.25) is 0 Å². The van der Waals surface area contributed by atoms with Crippen LogP contribution in [0.4, 0.5) is 4.79 Å². The number of nitrogens with one attached hydrogen (secondary N) is 1. The van der Waals surface area contributed by atoms with Gasteiger partial charge < -0.3 is 9.84 Å². The molecule has 0 fully saturated rings. The number of rotatable bonds is 1. The molecule has 0 bridgehead atoms. The number of hydrogen-bond donors (Lipinski definition) is 3. The second-order valence-corrected chi connectivity index (χ2v) is 2.43. The summed E-state index contributed by atoms with van der Waals surface area (Å²) >= 11 is 0. The lowest BCUT2D eigenvalue weighted by Gasteiger charge is -2.06. The van der Waals surface area contributed by atoms with E-state index in [0.717, 1.165) is 0 Å². The lowest BCUT2D eigenvalue weighted by molar-refractivity contribution is 0.200. The highest BCUT2D eigenvalue weighted by molar-refractivity contribution is 5.70. The van der Waals surface area contributed by atoms with Crippen molar-refractivity contribution in [1.82, 2.24) is 5.43 Å². The molecule has 0 atom stereocenters. The van der Waals surface area contributed by atoms with Crippen LogP contribution >= 0.6 is 0 Å². The van der Waals surface area contributed by atoms with E-state index in [1.165, 1.54) is 6.07 Å². The summed E-state index contributed by atoms with van der Waals surface area (Å²) in [5.74, 6) is 5.17. The van der Waals surface area contributed by atoms with Crippen molar-refractivity contribution in [2.45, 2.75) is 6.92 Å². The summed E-state index contributed by atoms with van der Waals surface area (Å²) in [5, 5.41) is 9.24. The quantitative estimate of drug-likeness (QED) is 0.338. The Balaban J connectivity index is 2.89. The molecule has 0 radical (unpaired) electrons. The Morgan fingerprint density at radius 3 is 2.92 bits per heavy atom. The van der Waals surface area contributed by atoms with Crippen LogP contribution in [0.25, 0.3) is 0 Å². The van der Waals surface area contributed by atoms with E-state index in [0.29, 0.717) is 5.56 Å². The number of hydrazine groups is 1. The lowest BCUT2D eigenvalue weighted by Crippen LogP contribution is -2.32. The van der Waals surface area contributed by atoms with E-state index in [4.69, 9.17) is 10.6 Å². The van der Waals surface area contributed by atoms with E-state index in [1.54, 1.807) is 19.1 Å². The molecule has 0 aliphatic heterocycles. The number of benzene rings is 1. The third-order valence-electron chi connectivity index (χ3n) is 1.58. The topological polar surface area (TPSA) is 84.6 Å². The highest BCUT2D eigenvalue weighted by atomic mass is 16.6. The van der Waals surface area contributed by atoms with Crippen molar-refractivity contribution >= 4 is 6.09 Å². The standard InChI is InChI=1S/C8H10N2O3/c1-5-6(11)3-2-4-7(5)13-8(12)10-9/h2-4,11H,9H2,1H3,(H,10,12). The molecule has 5 heteroatoms. The molecule has 0 unspecified atom stereocenters. The van der Waals surface area contributed by atoms with Gasteiger partial charge in [0.2, 0.25) is 0 Å². The fraction of sp³-hybridized carbons (Fsp3) is 0.125. The Labute approximate surface area is 75.1 Å². The van der Waals surface area contributed by atoms with Crippen LogP contribution < -0.4 is 16.0 Å². The fourth-order valence-corrected chi connectivity index (χ4v) is 0.843. The van der Waals surface area contributed by atoms with Crippen molar-refractivity contribution in [3.63, 3.8) is 0 Å². The molecule has 0 heterocycles. The first-order chi connectivity index (χ1) is 6.15. The van der Waals surface area contributed by atoms with Crippen LogP contribution in [0.5, 0.6) is 11.5 Å². The van der Waals surface area contributed by atoms with Crippen LogP contribution in [-0.4, -0.2) is 11.2 Å². The van der Waals surface area contributed by atoms with Gasteiger partial charge in [0.25, 0.3) is 0 Å². The van der Waals surface area contributed by atoms with Gasteiger partial charge >= 0.3 is 6.09 Å². The van der Waals surface area contributed by atoms with Crippen LogP contribution in [0.3, 0.4) is 0 Å². The summed E-state index contributed by atoms with van der Waals surface area (Å²) in [7, 11) is 0. The molecule has 5 nitrogen and oxygen atoms in total. The van der Waals surface area contributed by atoms with Gasteiger partial charge in [-0.1, -0.05) is 6.07 Å². The molecule has 1 aromatic carbocycles. The summed E-state index contributed by atoms with van der Waals surface area (Å²) in [4.78, 5) is 10.7. The van der Waals surface area contributed by atoms with Crippen molar-refractivity contribution in [1.29, 1.82) is 0 Å². The Morgan fingerprint density at radius 2 is 2.31 bits per heavy atom. The summed E-state index contributed by atoms with van der Waals surface area (Å²) < 4.78 is 4.74. The van der Waals surface area contributed by atoms with Crippen LogP contribution in [-0.2, 0) is 0 Å². The Morgan fingerprint density at radius 1 is 1.62 bits per heavy atom. The van der Waals surface area contributed by atoms with Gasteiger partial charge in [-0.2, -0.15) is 0 Å². The molecule has 0 aliphatic rings. The van der Waals surface area contributed by atoms with E-state index in [1.807, 2.05) is 5.43 Å². The summed E-state index contributed by atoms with van der Waals surface area (Å²) in [6.45, 7) is 1.63. The molecule has 13 heavy (non-hydrogen) atoms. The zero-order chi connectivity index (χ0) is 9.84. The third kappa shape index (κ3) is 2.09. The number of amides is 1. The lowest BCUT2D eigenvalue weighted by atomic mass is 10.2. The van der Waals surface area contributed by atoms with Gasteiger partial charge in [-0.25, -0.2) is 10.6 Å². The summed E-state index contributed by atoms with van der Waals surface area (Å²) in [6, 6.07) is 4.63. The predicted molar refractivity (Wildman–Crippen MR) is 46.2 cm³/mol. The third-order valence-corrected chi connectivity index (χ3v) is 1.58.